The molecule has 0 radical (unpaired) electrons. The predicted octanol–water partition coefficient (Wildman–Crippen LogP) is 0.861. The van der Waals surface area contributed by atoms with Crippen LogP contribution in [-0.2, 0) is 19.4 Å². The molecule has 0 atom stereocenters. The molecule has 0 unspecified atom stereocenters. The number of rotatable bonds is 5. The molecule has 2 aromatic rings. The maximum atomic E-state index is 11.8. The summed E-state index contributed by atoms with van der Waals surface area (Å²) in [6.07, 6.45) is 3.40. The van der Waals surface area contributed by atoms with Crippen LogP contribution in [-0.4, -0.2) is 47.3 Å². The van der Waals surface area contributed by atoms with E-state index in [0.29, 0.717) is 17.0 Å². The van der Waals surface area contributed by atoms with Gasteiger partial charge in [0.15, 0.2) is 0 Å². The first-order valence-corrected chi connectivity index (χ1v) is 8.41. The lowest BCUT2D eigenvalue weighted by Crippen LogP contribution is -2.22. The van der Waals surface area contributed by atoms with E-state index in [-0.39, 0.29) is 0 Å². The monoisotopic (exact) mass is 348 g/mol. The molecular weight excluding hydrogens is 328 g/mol. The molecule has 0 fully saturated rings. The highest BCUT2D eigenvalue weighted by atomic mass is 32.1. The number of nitrogens with two attached hydrogens (primary N) is 2. The number of hydrogen-bond acceptors (Lipinski definition) is 5. The van der Waals surface area contributed by atoms with Crippen LogP contribution in [0.25, 0.3) is 10.4 Å². The maximum absolute atomic E-state index is 11.8. The van der Waals surface area contributed by atoms with Gasteiger partial charge in [-0.3, -0.25) is 14.8 Å². The smallest absolute Gasteiger partial charge is 0.317 e. The molecule has 0 bridgehead atoms. The third-order valence-electron chi connectivity index (χ3n) is 3.96. The van der Waals surface area contributed by atoms with Crippen molar-refractivity contribution in [2.45, 2.75) is 19.4 Å². The second-order valence-electron chi connectivity index (χ2n) is 6.02. The van der Waals surface area contributed by atoms with Gasteiger partial charge in [-0.05, 0) is 32.5 Å². The lowest BCUT2D eigenvalue weighted by Gasteiger charge is -2.11. The standard InChI is InChI=1S/C15H20N6O2S/c1-20(2)5-6-21-7-9-10(19-21)4-3-8-11(13(16)22)14(18-15(17)23)24-12(8)9/h7H,3-6H2,1-2H3,(H2,16,22)(H3,17,18,23). The van der Waals surface area contributed by atoms with Gasteiger partial charge >= 0.3 is 6.03 Å². The average molecular weight is 348 g/mol. The third kappa shape index (κ3) is 3.00. The van der Waals surface area contributed by atoms with Crippen molar-refractivity contribution < 1.29 is 9.59 Å². The number of nitrogens with zero attached hydrogens (tertiary/aromatic N) is 3. The Balaban J connectivity index is 2.02. The number of thiophene rings is 1. The fourth-order valence-electron chi connectivity index (χ4n) is 2.88. The third-order valence-corrected chi connectivity index (χ3v) is 5.14. The van der Waals surface area contributed by atoms with E-state index >= 15 is 0 Å². The summed E-state index contributed by atoms with van der Waals surface area (Å²) in [7, 11) is 4.03. The van der Waals surface area contributed by atoms with Crippen molar-refractivity contribution in [2.24, 2.45) is 11.5 Å². The molecule has 0 spiro atoms. The van der Waals surface area contributed by atoms with Gasteiger partial charge in [0.2, 0.25) is 0 Å². The van der Waals surface area contributed by atoms with Gasteiger partial charge in [-0.2, -0.15) is 5.10 Å². The lowest BCUT2D eigenvalue weighted by atomic mass is 9.94. The van der Waals surface area contributed by atoms with Crippen LogP contribution in [0, 0.1) is 0 Å². The quantitative estimate of drug-likeness (QED) is 0.742. The van der Waals surface area contributed by atoms with E-state index in [1.54, 1.807) is 0 Å². The topological polar surface area (TPSA) is 119 Å². The molecule has 0 saturated heterocycles. The Bertz CT molecular complexity index is 807. The molecule has 0 aromatic carbocycles. The fourth-order valence-corrected chi connectivity index (χ4v) is 4.17. The number of amides is 3. The second kappa shape index (κ2) is 6.25. The lowest BCUT2D eigenvalue weighted by molar-refractivity contribution is 0.100. The summed E-state index contributed by atoms with van der Waals surface area (Å²) in [6.45, 7) is 1.68. The molecule has 2 aromatic heterocycles. The number of primary amides is 2. The minimum atomic E-state index is -0.710. The summed E-state index contributed by atoms with van der Waals surface area (Å²) in [5, 5.41) is 7.56. The van der Waals surface area contributed by atoms with Gasteiger partial charge < -0.3 is 16.4 Å². The summed E-state index contributed by atoms with van der Waals surface area (Å²) >= 11 is 1.32. The van der Waals surface area contributed by atoms with E-state index in [1.807, 2.05) is 25.0 Å². The van der Waals surface area contributed by atoms with Crippen LogP contribution in [0.3, 0.4) is 0 Å². The highest BCUT2D eigenvalue weighted by Gasteiger charge is 2.29. The Kier molecular flexibility index (Phi) is 4.29. The van der Waals surface area contributed by atoms with E-state index in [9.17, 15) is 9.59 Å². The molecule has 2 heterocycles. The van der Waals surface area contributed by atoms with Crippen molar-refractivity contribution in [3.8, 4) is 10.4 Å². The number of nitrogens with one attached hydrogen (secondary N) is 1. The van der Waals surface area contributed by atoms with Crippen LogP contribution >= 0.6 is 11.3 Å². The number of aryl methyl sites for hydroxylation is 1. The number of fused-ring (bicyclic) bond motifs is 3. The molecule has 0 saturated carbocycles. The summed E-state index contributed by atoms with van der Waals surface area (Å²) in [5.41, 5.74) is 14.0. The van der Waals surface area contributed by atoms with E-state index in [4.69, 9.17) is 11.5 Å². The van der Waals surface area contributed by atoms with Gasteiger partial charge in [0.25, 0.3) is 5.91 Å². The molecule has 0 aliphatic heterocycles. The van der Waals surface area contributed by atoms with Gasteiger partial charge in [0, 0.05) is 23.2 Å². The highest BCUT2D eigenvalue weighted by Crippen LogP contribution is 2.44. The number of carbonyl (C=O) groups is 2. The number of aromatic nitrogens is 2. The van der Waals surface area contributed by atoms with E-state index in [0.717, 1.165) is 41.2 Å². The Morgan fingerprint density at radius 1 is 1.38 bits per heavy atom. The van der Waals surface area contributed by atoms with Crippen molar-refractivity contribution in [3.05, 3.63) is 23.0 Å². The predicted molar refractivity (Wildman–Crippen MR) is 93.2 cm³/mol. The first-order chi connectivity index (χ1) is 11.4. The van der Waals surface area contributed by atoms with Crippen LogP contribution in [0.4, 0.5) is 9.80 Å². The zero-order chi connectivity index (χ0) is 17.4. The molecule has 1 aliphatic carbocycles. The van der Waals surface area contributed by atoms with Gasteiger partial charge in [-0.25, -0.2) is 4.79 Å². The largest absolute Gasteiger partial charge is 0.365 e. The van der Waals surface area contributed by atoms with Crippen LogP contribution in [0.15, 0.2) is 6.20 Å². The van der Waals surface area contributed by atoms with Crippen molar-refractivity contribution in [3.63, 3.8) is 0 Å². The molecule has 8 nitrogen and oxygen atoms in total. The first kappa shape index (κ1) is 16.5. The molecule has 3 rings (SSSR count). The van der Waals surface area contributed by atoms with E-state index < -0.39 is 11.9 Å². The van der Waals surface area contributed by atoms with Crippen LogP contribution in [0.2, 0.25) is 0 Å². The zero-order valence-electron chi connectivity index (χ0n) is 13.6. The number of likely N-dealkylation sites (N-methyl/N-ethyl adjacent to an activating group) is 1. The summed E-state index contributed by atoms with van der Waals surface area (Å²) in [6, 6.07) is -0.710. The summed E-state index contributed by atoms with van der Waals surface area (Å²) < 4.78 is 1.92. The zero-order valence-corrected chi connectivity index (χ0v) is 14.4. The molecular formula is C15H20N6O2S. The Hall–Kier alpha value is -2.39. The highest BCUT2D eigenvalue weighted by molar-refractivity contribution is 7.20. The van der Waals surface area contributed by atoms with Crippen LogP contribution in [0.5, 0.6) is 0 Å². The number of anilines is 1. The summed E-state index contributed by atoms with van der Waals surface area (Å²) in [5.74, 6) is -0.556. The molecule has 3 amide bonds. The van der Waals surface area contributed by atoms with Crippen LogP contribution < -0.4 is 16.8 Å². The van der Waals surface area contributed by atoms with Crippen molar-refractivity contribution in [1.29, 1.82) is 0 Å². The summed E-state index contributed by atoms with van der Waals surface area (Å²) in [4.78, 5) is 26.1. The molecule has 9 heteroatoms. The maximum Gasteiger partial charge on any atom is 0.317 e. The molecule has 24 heavy (non-hydrogen) atoms. The van der Waals surface area contributed by atoms with E-state index in [1.165, 1.54) is 11.3 Å². The molecule has 1 aliphatic rings. The SMILES string of the molecule is CN(C)CCn1cc2c(n1)CCc1c-2sc(NC(N)=O)c1C(N)=O. The Morgan fingerprint density at radius 3 is 2.75 bits per heavy atom. The fraction of sp³-hybridized carbons (Fsp3) is 0.400. The van der Waals surface area contributed by atoms with Crippen molar-refractivity contribution >= 4 is 28.3 Å². The average Bonchev–Trinajstić information content (AvgIpc) is 3.04. The number of carbonyl (C=O) groups excluding carboxylic acids is 2. The first-order valence-electron chi connectivity index (χ1n) is 7.60. The van der Waals surface area contributed by atoms with Crippen molar-refractivity contribution in [2.75, 3.05) is 26.0 Å². The van der Waals surface area contributed by atoms with Crippen molar-refractivity contribution in [1.82, 2.24) is 14.7 Å². The van der Waals surface area contributed by atoms with Gasteiger partial charge in [0.1, 0.15) is 5.00 Å². The van der Waals surface area contributed by atoms with Gasteiger partial charge in [-0.1, -0.05) is 0 Å². The van der Waals surface area contributed by atoms with E-state index in [2.05, 4.69) is 15.3 Å². The minimum Gasteiger partial charge on any atom is -0.365 e. The van der Waals surface area contributed by atoms with Gasteiger partial charge in [0.05, 0.1) is 17.8 Å². The second-order valence-corrected chi connectivity index (χ2v) is 7.04. The Morgan fingerprint density at radius 2 is 2.12 bits per heavy atom. The normalized spacial score (nSPS) is 12.8. The van der Waals surface area contributed by atoms with Crippen LogP contribution in [0.1, 0.15) is 21.6 Å². The number of urea groups is 1. The molecule has 5 N–H and O–H groups in total. The minimum absolute atomic E-state index is 0.362. The molecule has 128 valence electrons. The van der Waals surface area contributed by atoms with Gasteiger partial charge in [-0.15, -0.1) is 11.3 Å². The number of hydrogen-bond donors (Lipinski definition) is 3. The Labute approximate surface area is 143 Å².